The van der Waals surface area contributed by atoms with Crippen LogP contribution >= 0.6 is 0 Å². The summed E-state index contributed by atoms with van der Waals surface area (Å²) in [5, 5.41) is 10.1. The van der Waals surface area contributed by atoms with Gasteiger partial charge in [-0.2, -0.15) is 0 Å². The van der Waals surface area contributed by atoms with E-state index in [0.29, 0.717) is 12.3 Å². The number of para-hydroxylation sites is 2. The van der Waals surface area contributed by atoms with Gasteiger partial charge in [0.15, 0.2) is 0 Å². The van der Waals surface area contributed by atoms with Crippen molar-refractivity contribution >= 4 is 11.0 Å². The number of aliphatic hydroxyl groups excluding tert-OH is 1. The van der Waals surface area contributed by atoms with Gasteiger partial charge < -0.3 is 9.67 Å². The fourth-order valence-electron chi connectivity index (χ4n) is 2.16. The molecule has 2 atom stereocenters. The Morgan fingerprint density at radius 3 is 2.61 bits per heavy atom. The van der Waals surface area contributed by atoms with Crippen molar-refractivity contribution in [1.82, 2.24) is 9.55 Å². The molecular weight excluding hydrogens is 224 g/mol. The molecule has 0 spiro atoms. The fourth-order valence-corrected chi connectivity index (χ4v) is 2.16. The molecule has 3 nitrogen and oxygen atoms in total. The zero-order chi connectivity index (χ0) is 13.1. The molecule has 0 saturated carbocycles. The molecule has 0 fully saturated rings. The van der Waals surface area contributed by atoms with Crippen molar-refractivity contribution in [2.24, 2.45) is 5.92 Å². The van der Waals surface area contributed by atoms with E-state index in [2.05, 4.69) is 29.5 Å². The molecule has 1 N–H and O–H groups in total. The summed E-state index contributed by atoms with van der Waals surface area (Å²) in [7, 11) is 0. The topological polar surface area (TPSA) is 38.0 Å². The number of aromatic nitrogens is 2. The quantitative estimate of drug-likeness (QED) is 0.876. The molecule has 3 heteroatoms. The third kappa shape index (κ3) is 2.41. The highest BCUT2D eigenvalue weighted by Gasteiger charge is 2.17. The van der Waals surface area contributed by atoms with Crippen molar-refractivity contribution < 1.29 is 5.11 Å². The second-order valence-electron chi connectivity index (χ2n) is 5.01. The highest BCUT2D eigenvalue weighted by molar-refractivity contribution is 5.76. The number of rotatable bonds is 5. The van der Waals surface area contributed by atoms with E-state index in [4.69, 9.17) is 0 Å². The van der Waals surface area contributed by atoms with E-state index in [0.717, 1.165) is 29.8 Å². The highest BCUT2D eigenvalue weighted by atomic mass is 16.3. The number of imidazole rings is 1. The summed E-state index contributed by atoms with van der Waals surface area (Å²) in [4.78, 5) is 4.58. The van der Waals surface area contributed by atoms with Crippen LogP contribution in [0.4, 0.5) is 0 Å². The van der Waals surface area contributed by atoms with Gasteiger partial charge in [-0.15, -0.1) is 0 Å². The molecule has 1 aromatic carbocycles. The minimum absolute atomic E-state index is 0.471. The summed E-state index contributed by atoms with van der Waals surface area (Å²) in [6.07, 6.45) is 1.36. The first-order valence-electron chi connectivity index (χ1n) is 6.80. The lowest BCUT2D eigenvalue weighted by Crippen LogP contribution is -2.13. The molecule has 1 aromatic heterocycles. The van der Waals surface area contributed by atoms with Gasteiger partial charge in [-0.25, -0.2) is 4.98 Å². The van der Waals surface area contributed by atoms with Crippen molar-refractivity contribution in [3.63, 3.8) is 0 Å². The molecular formula is C15H22N2O. The maximum absolute atomic E-state index is 10.1. The summed E-state index contributed by atoms with van der Waals surface area (Å²) in [5.74, 6) is 1.39. The molecule has 0 unspecified atom stereocenters. The SMILES string of the molecule is CC[C@@H](C)Cn1c([C@@H](O)CC)nc2ccccc21. The number of aliphatic hydroxyl groups is 1. The third-order valence-electron chi connectivity index (χ3n) is 3.56. The molecule has 18 heavy (non-hydrogen) atoms. The van der Waals surface area contributed by atoms with E-state index in [1.807, 2.05) is 25.1 Å². The third-order valence-corrected chi connectivity index (χ3v) is 3.56. The largest absolute Gasteiger partial charge is 0.385 e. The van der Waals surface area contributed by atoms with Gasteiger partial charge >= 0.3 is 0 Å². The van der Waals surface area contributed by atoms with Crippen LogP contribution in [0.1, 0.15) is 45.5 Å². The van der Waals surface area contributed by atoms with Crippen molar-refractivity contribution in [2.45, 2.75) is 46.3 Å². The summed E-state index contributed by atoms with van der Waals surface area (Å²) in [6.45, 7) is 7.33. The van der Waals surface area contributed by atoms with E-state index < -0.39 is 6.10 Å². The molecule has 0 aliphatic rings. The maximum Gasteiger partial charge on any atom is 0.138 e. The second-order valence-corrected chi connectivity index (χ2v) is 5.01. The Bertz CT molecular complexity index is 518. The van der Waals surface area contributed by atoms with Crippen LogP contribution in [-0.4, -0.2) is 14.7 Å². The van der Waals surface area contributed by atoms with Gasteiger partial charge in [-0.1, -0.05) is 39.3 Å². The number of hydrogen-bond donors (Lipinski definition) is 1. The van der Waals surface area contributed by atoms with Gasteiger partial charge in [-0.3, -0.25) is 0 Å². The Morgan fingerprint density at radius 2 is 1.94 bits per heavy atom. The molecule has 2 rings (SSSR count). The Kier molecular flexibility index (Phi) is 4.02. The molecule has 0 bridgehead atoms. The number of nitrogens with zero attached hydrogens (tertiary/aromatic N) is 2. The first kappa shape index (κ1) is 13.1. The predicted molar refractivity (Wildman–Crippen MR) is 74.4 cm³/mol. The molecule has 0 amide bonds. The average Bonchev–Trinajstić information content (AvgIpc) is 2.77. The molecule has 0 radical (unpaired) electrons. The fraction of sp³-hybridized carbons (Fsp3) is 0.533. The van der Waals surface area contributed by atoms with Crippen LogP contribution in [0.15, 0.2) is 24.3 Å². The normalized spacial score (nSPS) is 14.9. The predicted octanol–water partition coefficient (Wildman–Crippen LogP) is 3.53. The van der Waals surface area contributed by atoms with Gasteiger partial charge in [0.25, 0.3) is 0 Å². The van der Waals surface area contributed by atoms with Crippen molar-refractivity contribution in [2.75, 3.05) is 0 Å². The zero-order valence-electron chi connectivity index (χ0n) is 11.4. The van der Waals surface area contributed by atoms with Crippen LogP contribution in [0.2, 0.25) is 0 Å². The van der Waals surface area contributed by atoms with E-state index in [-0.39, 0.29) is 0 Å². The van der Waals surface area contributed by atoms with Crippen LogP contribution < -0.4 is 0 Å². The minimum atomic E-state index is -0.471. The van der Waals surface area contributed by atoms with Crippen molar-refractivity contribution in [1.29, 1.82) is 0 Å². The van der Waals surface area contributed by atoms with Gasteiger partial charge in [0.1, 0.15) is 11.9 Å². The van der Waals surface area contributed by atoms with Crippen LogP contribution in [0.5, 0.6) is 0 Å². The van der Waals surface area contributed by atoms with E-state index >= 15 is 0 Å². The zero-order valence-corrected chi connectivity index (χ0v) is 11.4. The molecule has 2 aromatic rings. The van der Waals surface area contributed by atoms with Gasteiger partial charge in [-0.05, 0) is 24.5 Å². The van der Waals surface area contributed by atoms with E-state index in [1.54, 1.807) is 0 Å². The summed E-state index contributed by atoms with van der Waals surface area (Å²) < 4.78 is 2.18. The summed E-state index contributed by atoms with van der Waals surface area (Å²) >= 11 is 0. The van der Waals surface area contributed by atoms with Crippen molar-refractivity contribution in [3.05, 3.63) is 30.1 Å². The smallest absolute Gasteiger partial charge is 0.138 e. The molecule has 98 valence electrons. The monoisotopic (exact) mass is 246 g/mol. The first-order valence-corrected chi connectivity index (χ1v) is 6.80. The minimum Gasteiger partial charge on any atom is -0.385 e. The lowest BCUT2D eigenvalue weighted by Gasteiger charge is -2.16. The van der Waals surface area contributed by atoms with Crippen molar-refractivity contribution in [3.8, 4) is 0 Å². The molecule has 0 aliphatic heterocycles. The molecule has 1 heterocycles. The van der Waals surface area contributed by atoms with E-state index in [9.17, 15) is 5.11 Å². The van der Waals surface area contributed by atoms with Crippen LogP contribution in [-0.2, 0) is 6.54 Å². The van der Waals surface area contributed by atoms with Crippen LogP contribution in [0.3, 0.4) is 0 Å². The maximum atomic E-state index is 10.1. The number of benzene rings is 1. The standard InChI is InChI=1S/C15H22N2O/c1-4-11(3)10-17-13-9-7-6-8-12(13)16-15(17)14(18)5-2/h6-9,11,14,18H,4-5,10H2,1-3H3/t11-,14+/m1/s1. The summed E-state index contributed by atoms with van der Waals surface area (Å²) in [5.41, 5.74) is 2.10. The Balaban J connectivity index is 2.50. The Hall–Kier alpha value is -1.35. The summed E-state index contributed by atoms with van der Waals surface area (Å²) in [6, 6.07) is 8.11. The van der Waals surface area contributed by atoms with Gasteiger partial charge in [0.05, 0.1) is 11.0 Å². The first-order chi connectivity index (χ1) is 8.67. The Labute approximate surface area is 108 Å². The lowest BCUT2D eigenvalue weighted by atomic mass is 10.1. The average molecular weight is 246 g/mol. The molecule has 0 aliphatic carbocycles. The second kappa shape index (κ2) is 5.53. The Morgan fingerprint density at radius 1 is 1.22 bits per heavy atom. The number of hydrogen-bond acceptors (Lipinski definition) is 2. The van der Waals surface area contributed by atoms with E-state index in [1.165, 1.54) is 0 Å². The molecule has 0 saturated heterocycles. The lowest BCUT2D eigenvalue weighted by molar-refractivity contribution is 0.158. The highest BCUT2D eigenvalue weighted by Crippen LogP contribution is 2.24. The van der Waals surface area contributed by atoms with Crippen LogP contribution in [0.25, 0.3) is 11.0 Å². The van der Waals surface area contributed by atoms with Gasteiger partial charge in [0.2, 0.25) is 0 Å². The van der Waals surface area contributed by atoms with Crippen LogP contribution in [0, 0.1) is 5.92 Å². The van der Waals surface area contributed by atoms with Gasteiger partial charge in [0, 0.05) is 6.54 Å². The number of fused-ring (bicyclic) bond motifs is 1.